The van der Waals surface area contributed by atoms with E-state index in [1.54, 1.807) is 0 Å². The first-order chi connectivity index (χ1) is 11.1. The number of rotatable bonds is 8. The smallest absolute Gasteiger partial charge is 0.257 e. The molecule has 0 saturated carbocycles. The van der Waals surface area contributed by atoms with E-state index < -0.39 is 0 Å². The Hall–Kier alpha value is -2.01. The third-order valence-electron chi connectivity index (χ3n) is 3.53. The summed E-state index contributed by atoms with van der Waals surface area (Å²) >= 11 is 1.52. The van der Waals surface area contributed by atoms with E-state index in [0.717, 1.165) is 43.2 Å². The molecule has 2 aromatic rings. The Morgan fingerprint density at radius 1 is 1.26 bits per heavy atom. The lowest BCUT2D eigenvalue weighted by atomic mass is 10.1. The van der Waals surface area contributed by atoms with Crippen LogP contribution in [0.1, 0.15) is 52.7 Å². The Labute approximate surface area is 141 Å². The minimum absolute atomic E-state index is 0.138. The Kier molecular flexibility index (Phi) is 6.47. The van der Waals surface area contributed by atoms with Crippen LogP contribution in [0.25, 0.3) is 0 Å². The van der Waals surface area contributed by atoms with E-state index in [0.29, 0.717) is 17.1 Å². The number of hydrogen-bond acceptors (Lipinski definition) is 4. The van der Waals surface area contributed by atoms with Gasteiger partial charge < -0.3 is 4.79 Å². The van der Waals surface area contributed by atoms with E-state index in [4.69, 9.17) is 0 Å². The Balaban J connectivity index is 2.09. The molecule has 0 radical (unpaired) electrons. The van der Waals surface area contributed by atoms with Crippen molar-refractivity contribution in [2.24, 2.45) is 0 Å². The van der Waals surface area contributed by atoms with Crippen molar-refractivity contribution >= 4 is 28.7 Å². The summed E-state index contributed by atoms with van der Waals surface area (Å²) in [7, 11) is 0. The highest BCUT2D eigenvalue weighted by Gasteiger charge is 2.13. The largest absolute Gasteiger partial charge is 0.303 e. The van der Waals surface area contributed by atoms with Gasteiger partial charge in [-0.2, -0.15) is 0 Å². The van der Waals surface area contributed by atoms with Crippen LogP contribution in [0.2, 0.25) is 0 Å². The molecule has 2 rings (SSSR count). The van der Waals surface area contributed by atoms with Crippen molar-refractivity contribution in [2.45, 2.75) is 46.0 Å². The molecule has 23 heavy (non-hydrogen) atoms. The summed E-state index contributed by atoms with van der Waals surface area (Å²) in [5.74, 6) is -0.138. The maximum atomic E-state index is 12.3. The maximum absolute atomic E-state index is 12.3. The highest BCUT2D eigenvalue weighted by molar-refractivity contribution is 7.15. The van der Waals surface area contributed by atoms with Crippen LogP contribution in [-0.2, 0) is 17.6 Å². The lowest BCUT2D eigenvalue weighted by Crippen LogP contribution is -2.11. The number of carbonyl (C=O) groups is 2. The fourth-order valence-corrected chi connectivity index (χ4v) is 3.33. The minimum Gasteiger partial charge on any atom is -0.303 e. The standard InChI is InChI=1S/C18H22N2O2S/c1-3-6-15-16(7-4-5-12-21)23-18(19-15)20-17(22)14-10-8-13(2)9-11-14/h8-12H,3-7H2,1-2H3,(H,19,20,22). The number of aromatic nitrogens is 1. The average Bonchev–Trinajstić information content (AvgIpc) is 2.90. The molecular weight excluding hydrogens is 308 g/mol. The molecule has 1 N–H and O–H groups in total. The first-order valence-electron chi connectivity index (χ1n) is 7.94. The predicted molar refractivity (Wildman–Crippen MR) is 94.2 cm³/mol. The molecule has 0 aliphatic carbocycles. The zero-order valence-electron chi connectivity index (χ0n) is 13.6. The Bertz CT molecular complexity index is 662. The van der Waals surface area contributed by atoms with Gasteiger partial charge in [-0.05, 0) is 38.3 Å². The van der Waals surface area contributed by atoms with Crippen LogP contribution < -0.4 is 5.32 Å². The van der Waals surface area contributed by atoms with Gasteiger partial charge in [0.05, 0.1) is 5.69 Å². The summed E-state index contributed by atoms with van der Waals surface area (Å²) < 4.78 is 0. The zero-order valence-corrected chi connectivity index (χ0v) is 14.4. The quantitative estimate of drug-likeness (QED) is 0.583. The number of hydrogen-bond donors (Lipinski definition) is 1. The van der Waals surface area contributed by atoms with Gasteiger partial charge in [0.2, 0.25) is 0 Å². The molecule has 1 aromatic carbocycles. The average molecular weight is 330 g/mol. The molecule has 0 spiro atoms. The van der Waals surface area contributed by atoms with Crippen LogP contribution in [-0.4, -0.2) is 17.2 Å². The van der Waals surface area contributed by atoms with Crippen LogP contribution in [0.5, 0.6) is 0 Å². The molecule has 4 nitrogen and oxygen atoms in total. The van der Waals surface area contributed by atoms with Crippen molar-refractivity contribution in [1.29, 1.82) is 0 Å². The predicted octanol–water partition coefficient (Wildman–Crippen LogP) is 4.18. The van der Waals surface area contributed by atoms with Gasteiger partial charge in [0.25, 0.3) is 5.91 Å². The molecule has 122 valence electrons. The van der Waals surface area contributed by atoms with E-state index in [2.05, 4.69) is 17.2 Å². The molecule has 5 heteroatoms. The van der Waals surface area contributed by atoms with Crippen molar-refractivity contribution < 1.29 is 9.59 Å². The lowest BCUT2D eigenvalue weighted by Gasteiger charge is -2.01. The molecule has 0 saturated heterocycles. The molecule has 0 fully saturated rings. The van der Waals surface area contributed by atoms with Gasteiger partial charge in [-0.3, -0.25) is 10.1 Å². The van der Waals surface area contributed by atoms with Gasteiger partial charge in [-0.1, -0.05) is 31.0 Å². The zero-order chi connectivity index (χ0) is 16.7. The maximum Gasteiger partial charge on any atom is 0.257 e. The number of benzene rings is 1. The first-order valence-corrected chi connectivity index (χ1v) is 8.76. The monoisotopic (exact) mass is 330 g/mol. The van der Waals surface area contributed by atoms with Crippen LogP contribution in [0.4, 0.5) is 5.13 Å². The SMILES string of the molecule is CCCc1nc(NC(=O)c2ccc(C)cc2)sc1CCCC=O. The lowest BCUT2D eigenvalue weighted by molar-refractivity contribution is -0.107. The molecule has 1 heterocycles. The number of thiazole rings is 1. The first kappa shape index (κ1) is 17.3. The number of amides is 1. The van der Waals surface area contributed by atoms with Gasteiger partial charge in [0, 0.05) is 16.9 Å². The Morgan fingerprint density at radius 3 is 2.65 bits per heavy atom. The molecule has 0 aliphatic rings. The summed E-state index contributed by atoms with van der Waals surface area (Å²) in [6.07, 6.45) is 5.08. The second-order valence-electron chi connectivity index (χ2n) is 5.52. The fourth-order valence-electron chi connectivity index (χ4n) is 2.28. The molecule has 1 aromatic heterocycles. The van der Waals surface area contributed by atoms with Gasteiger partial charge in [0.1, 0.15) is 6.29 Å². The van der Waals surface area contributed by atoms with E-state index >= 15 is 0 Å². The molecule has 0 aliphatic heterocycles. The third-order valence-corrected chi connectivity index (χ3v) is 4.60. The van der Waals surface area contributed by atoms with E-state index in [1.807, 2.05) is 31.2 Å². The van der Waals surface area contributed by atoms with Crippen molar-refractivity contribution in [1.82, 2.24) is 4.98 Å². The second kappa shape index (κ2) is 8.58. The molecule has 0 unspecified atom stereocenters. The number of nitrogens with zero attached hydrogens (tertiary/aromatic N) is 1. The second-order valence-corrected chi connectivity index (χ2v) is 6.60. The van der Waals surface area contributed by atoms with Crippen molar-refractivity contribution in [2.75, 3.05) is 5.32 Å². The highest BCUT2D eigenvalue weighted by atomic mass is 32.1. The number of anilines is 1. The van der Waals surface area contributed by atoms with Gasteiger partial charge in [0.15, 0.2) is 5.13 Å². The number of aryl methyl sites for hydroxylation is 3. The van der Waals surface area contributed by atoms with Gasteiger partial charge in [-0.25, -0.2) is 4.98 Å². The molecule has 1 amide bonds. The van der Waals surface area contributed by atoms with Gasteiger partial charge in [-0.15, -0.1) is 11.3 Å². The number of carbonyl (C=O) groups excluding carboxylic acids is 2. The van der Waals surface area contributed by atoms with Crippen LogP contribution in [0, 0.1) is 6.92 Å². The summed E-state index contributed by atoms with van der Waals surface area (Å²) in [6, 6.07) is 7.47. The Morgan fingerprint density at radius 2 is 2.00 bits per heavy atom. The summed E-state index contributed by atoms with van der Waals surface area (Å²) in [5, 5.41) is 3.53. The van der Waals surface area contributed by atoms with Crippen molar-refractivity contribution in [3.8, 4) is 0 Å². The summed E-state index contributed by atoms with van der Waals surface area (Å²) in [5.41, 5.74) is 2.80. The highest BCUT2D eigenvalue weighted by Crippen LogP contribution is 2.26. The third kappa shape index (κ3) is 4.99. The summed E-state index contributed by atoms with van der Waals surface area (Å²) in [6.45, 7) is 4.10. The molecule has 0 atom stereocenters. The van der Waals surface area contributed by atoms with Crippen LogP contribution >= 0.6 is 11.3 Å². The number of aldehydes is 1. The molecular formula is C18H22N2O2S. The van der Waals surface area contributed by atoms with E-state index in [9.17, 15) is 9.59 Å². The summed E-state index contributed by atoms with van der Waals surface area (Å²) in [4.78, 5) is 28.5. The van der Waals surface area contributed by atoms with Crippen LogP contribution in [0.3, 0.4) is 0 Å². The minimum atomic E-state index is -0.138. The van der Waals surface area contributed by atoms with Crippen molar-refractivity contribution in [3.63, 3.8) is 0 Å². The molecule has 0 bridgehead atoms. The van der Waals surface area contributed by atoms with E-state index in [1.165, 1.54) is 16.2 Å². The van der Waals surface area contributed by atoms with Crippen molar-refractivity contribution in [3.05, 3.63) is 46.0 Å². The van der Waals surface area contributed by atoms with Gasteiger partial charge >= 0.3 is 0 Å². The normalized spacial score (nSPS) is 10.5. The van der Waals surface area contributed by atoms with E-state index in [-0.39, 0.29) is 5.91 Å². The van der Waals surface area contributed by atoms with Crippen LogP contribution in [0.15, 0.2) is 24.3 Å². The number of unbranched alkanes of at least 4 members (excludes halogenated alkanes) is 1. The number of nitrogens with one attached hydrogen (secondary N) is 1. The fraction of sp³-hybridized carbons (Fsp3) is 0.389. The topological polar surface area (TPSA) is 59.1 Å².